The maximum Gasteiger partial charge on any atom is 0.410 e. The molecule has 1 amide bonds. The predicted octanol–water partition coefficient (Wildman–Crippen LogP) is 5.07. The average molecular weight is 427 g/mol. The number of carboxylic acid groups (broad SMARTS) is 1. The number of carbonyl (C=O) groups is 2. The van der Waals surface area contributed by atoms with Crippen LogP contribution in [0.3, 0.4) is 0 Å². The Morgan fingerprint density at radius 3 is 2.52 bits per heavy atom. The average Bonchev–Trinajstić information content (AvgIpc) is 2.69. The lowest BCUT2D eigenvalue weighted by atomic mass is 9.92. The molecule has 1 aliphatic rings. The molecule has 3 rings (SSSR count). The minimum atomic E-state index is -0.988. The van der Waals surface area contributed by atoms with E-state index in [0.717, 1.165) is 30.5 Å². The van der Waals surface area contributed by atoms with Gasteiger partial charge in [-0.05, 0) is 76.6 Å². The zero-order chi connectivity index (χ0) is 22.6. The van der Waals surface area contributed by atoms with Crippen LogP contribution in [0.4, 0.5) is 4.79 Å². The molecule has 1 fully saturated rings. The van der Waals surface area contributed by atoms with E-state index in [1.165, 1.54) is 6.07 Å². The van der Waals surface area contributed by atoms with Crippen molar-refractivity contribution in [3.8, 4) is 11.5 Å². The number of nitrogens with zero attached hydrogens (tertiary/aromatic N) is 2. The van der Waals surface area contributed by atoms with Crippen LogP contribution in [0.5, 0.6) is 11.5 Å². The first-order valence-corrected chi connectivity index (χ1v) is 10.6. The summed E-state index contributed by atoms with van der Waals surface area (Å²) in [7, 11) is 0. The highest BCUT2D eigenvalue weighted by Crippen LogP contribution is 2.28. The van der Waals surface area contributed by atoms with E-state index in [1.54, 1.807) is 29.3 Å². The smallest absolute Gasteiger partial charge is 0.410 e. The minimum Gasteiger partial charge on any atom is -0.478 e. The lowest BCUT2D eigenvalue weighted by molar-refractivity contribution is 0.0184. The fourth-order valence-corrected chi connectivity index (χ4v) is 3.54. The van der Waals surface area contributed by atoms with Crippen molar-refractivity contribution in [2.45, 2.75) is 52.6 Å². The molecule has 2 aromatic rings. The topological polar surface area (TPSA) is 89.0 Å². The fourth-order valence-electron chi connectivity index (χ4n) is 3.54. The van der Waals surface area contributed by atoms with Crippen LogP contribution in [0.1, 0.15) is 55.2 Å². The Labute approximate surface area is 183 Å². The van der Waals surface area contributed by atoms with Crippen LogP contribution >= 0.6 is 0 Å². The van der Waals surface area contributed by atoms with Crippen LogP contribution in [-0.4, -0.2) is 45.7 Å². The van der Waals surface area contributed by atoms with E-state index >= 15 is 0 Å². The molecule has 1 aromatic carbocycles. The third-order valence-electron chi connectivity index (χ3n) is 5.21. The molecule has 1 aliphatic heterocycles. The number of aryl methyl sites for hydroxylation is 1. The van der Waals surface area contributed by atoms with Gasteiger partial charge in [0.15, 0.2) is 0 Å². The van der Waals surface area contributed by atoms with Gasteiger partial charge >= 0.3 is 12.1 Å². The molecule has 0 unspecified atom stereocenters. The summed E-state index contributed by atoms with van der Waals surface area (Å²) in [6, 6.07) is 8.49. The van der Waals surface area contributed by atoms with E-state index in [4.69, 9.17) is 9.47 Å². The van der Waals surface area contributed by atoms with Gasteiger partial charge in [-0.3, -0.25) is 4.98 Å². The Morgan fingerprint density at radius 2 is 1.87 bits per heavy atom. The number of aromatic carboxylic acids is 1. The number of carboxylic acids is 1. The molecule has 0 radical (unpaired) electrons. The van der Waals surface area contributed by atoms with Gasteiger partial charge in [0.05, 0.1) is 5.56 Å². The molecule has 166 valence electrons. The summed E-state index contributed by atoms with van der Waals surface area (Å²) in [5.41, 5.74) is 1.48. The number of hydrogen-bond donors (Lipinski definition) is 1. The van der Waals surface area contributed by atoms with E-state index in [2.05, 4.69) is 4.98 Å². The number of ether oxygens (including phenoxy) is 2. The van der Waals surface area contributed by atoms with Crippen LogP contribution in [0.2, 0.25) is 0 Å². The summed E-state index contributed by atoms with van der Waals surface area (Å²) >= 11 is 0. The Kier molecular flexibility index (Phi) is 6.83. The van der Waals surface area contributed by atoms with E-state index in [-0.39, 0.29) is 11.7 Å². The maximum atomic E-state index is 12.2. The van der Waals surface area contributed by atoms with Crippen molar-refractivity contribution in [1.82, 2.24) is 9.88 Å². The second-order valence-electron chi connectivity index (χ2n) is 8.99. The van der Waals surface area contributed by atoms with Crippen molar-refractivity contribution in [2.24, 2.45) is 5.92 Å². The first kappa shape index (κ1) is 22.6. The Hall–Kier alpha value is -3.09. The number of pyridine rings is 1. The van der Waals surface area contributed by atoms with Gasteiger partial charge in [-0.25, -0.2) is 9.59 Å². The first-order chi connectivity index (χ1) is 14.6. The lowest BCUT2D eigenvalue weighted by Crippen LogP contribution is -2.42. The van der Waals surface area contributed by atoms with Crippen LogP contribution < -0.4 is 4.74 Å². The number of benzene rings is 1. The van der Waals surface area contributed by atoms with Crippen molar-refractivity contribution in [2.75, 3.05) is 13.1 Å². The summed E-state index contributed by atoms with van der Waals surface area (Å²) in [6.07, 6.45) is 4.04. The second kappa shape index (κ2) is 9.37. The zero-order valence-electron chi connectivity index (χ0n) is 18.6. The summed E-state index contributed by atoms with van der Waals surface area (Å²) < 4.78 is 11.4. The number of carbonyl (C=O) groups excluding carboxylic acids is 1. The first-order valence-electron chi connectivity index (χ1n) is 10.6. The van der Waals surface area contributed by atoms with Crippen molar-refractivity contribution in [1.29, 1.82) is 0 Å². The molecule has 0 aliphatic carbocycles. The molecule has 7 nitrogen and oxygen atoms in total. The van der Waals surface area contributed by atoms with Gasteiger partial charge in [0.1, 0.15) is 17.1 Å². The minimum absolute atomic E-state index is 0.187. The van der Waals surface area contributed by atoms with Gasteiger partial charge in [0, 0.05) is 31.0 Å². The number of piperidine rings is 1. The summed E-state index contributed by atoms with van der Waals surface area (Å²) in [4.78, 5) is 29.7. The molecular formula is C24H30N2O5. The van der Waals surface area contributed by atoms with Crippen LogP contribution in [-0.2, 0) is 11.2 Å². The van der Waals surface area contributed by atoms with Crippen molar-refractivity contribution < 1.29 is 24.2 Å². The summed E-state index contributed by atoms with van der Waals surface area (Å²) in [5, 5.41) is 9.20. The van der Waals surface area contributed by atoms with Gasteiger partial charge in [-0.1, -0.05) is 6.07 Å². The van der Waals surface area contributed by atoms with Gasteiger partial charge in [0.2, 0.25) is 0 Å². The van der Waals surface area contributed by atoms with Gasteiger partial charge < -0.3 is 19.5 Å². The number of rotatable bonds is 5. The predicted molar refractivity (Wildman–Crippen MR) is 117 cm³/mol. The molecule has 7 heteroatoms. The lowest BCUT2D eigenvalue weighted by Gasteiger charge is -2.33. The summed E-state index contributed by atoms with van der Waals surface area (Å²) in [5.74, 6) is 0.584. The molecule has 0 saturated carbocycles. The standard InChI is InChI=1S/C24H30N2O5/c1-16-5-6-18(22(27)28)14-21(16)30-20-7-10-25-19(15-20)13-17-8-11-26(12-9-17)23(29)31-24(2,3)4/h5-7,10,14-15,17H,8-9,11-13H2,1-4H3,(H,27,28). The molecule has 1 saturated heterocycles. The van der Waals surface area contributed by atoms with Crippen LogP contribution in [0.15, 0.2) is 36.5 Å². The summed E-state index contributed by atoms with van der Waals surface area (Å²) in [6.45, 7) is 8.85. The molecule has 0 spiro atoms. The fraction of sp³-hybridized carbons (Fsp3) is 0.458. The molecule has 1 aromatic heterocycles. The molecule has 2 heterocycles. The third-order valence-corrected chi connectivity index (χ3v) is 5.21. The van der Waals surface area contributed by atoms with E-state index in [0.29, 0.717) is 30.5 Å². The Balaban J connectivity index is 1.59. The van der Waals surface area contributed by atoms with E-state index < -0.39 is 11.6 Å². The third kappa shape index (κ3) is 6.44. The molecule has 31 heavy (non-hydrogen) atoms. The number of likely N-dealkylation sites (tertiary alicyclic amines) is 1. The number of hydrogen-bond acceptors (Lipinski definition) is 5. The molecule has 0 bridgehead atoms. The molecular weight excluding hydrogens is 396 g/mol. The number of aromatic nitrogens is 1. The largest absolute Gasteiger partial charge is 0.478 e. The van der Waals surface area contributed by atoms with Gasteiger partial charge in [-0.2, -0.15) is 0 Å². The highest BCUT2D eigenvalue weighted by atomic mass is 16.6. The van der Waals surface area contributed by atoms with Gasteiger partial charge in [-0.15, -0.1) is 0 Å². The zero-order valence-corrected chi connectivity index (χ0v) is 18.6. The van der Waals surface area contributed by atoms with E-state index in [1.807, 2.05) is 33.8 Å². The van der Waals surface area contributed by atoms with Crippen molar-refractivity contribution >= 4 is 12.1 Å². The Morgan fingerprint density at radius 1 is 1.16 bits per heavy atom. The molecule has 0 atom stereocenters. The SMILES string of the molecule is Cc1ccc(C(=O)O)cc1Oc1ccnc(CC2CCN(C(=O)OC(C)(C)C)CC2)c1. The van der Waals surface area contributed by atoms with Crippen molar-refractivity contribution in [3.05, 3.63) is 53.3 Å². The monoisotopic (exact) mass is 426 g/mol. The van der Waals surface area contributed by atoms with Crippen molar-refractivity contribution in [3.63, 3.8) is 0 Å². The normalized spacial score (nSPS) is 14.9. The maximum absolute atomic E-state index is 12.2. The van der Waals surface area contributed by atoms with E-state index in [9.17, 15) is 14.7 Å². The Bertz CT molecular complexity index is 943. The quantitative estimate of drug-likeness (QED) is 0.718. The second-order valence-corrected chi connectivity index (χ2v) is 8.99. The van der Waals surface area contributed by atoms with Crippen LogP contribution in [0, 0.1) is 12.8 Å². The highest BCUT2D eigenvalue weighted by Gasteiger charge is 2.27. The molecule has 1 N–H and O–H groups in total. The highest BCUT2D eigenvalue weighted by molar-refractivity contribution is 5.88. The number of amides is 1. The van der Waals surface area contributed by atoms with Gasteiger partial charge in [0.25, 0.3) is 0 Å². The van der Waals surface area contributed by atoms with Crippen LogP contribution in [0.25, 0.3) is 0 Å².